The van der Waals surface area contributed by atoms with E-state index in [1.54, 1.807) is 4.90 Å². The molecule has 0 aliphatic carbocycles. The molecule has 2 N–H and O–H groups in total. The first kappa shape index (κ1) is 19.9. The predicted molar refractivity (Wildman–Crippen MR) is 134 cm³/mol. The van der Waals surface area contributed by atoms with E-state index in [1.165, 1.54) is 17.4 Å². The van der Waals surface area contributed by atoms with Gasteiger partial charge < -0.3 is 15.5 Å². The molecule has 4 heterocycles. The second-order valence-electron chi connectivity index (χ2n) is 8.52. The normalized spacial score (nSPS) is 17.3. The van der Waals surface area contributed by atoms with E-state index in [0.717, 1.165) is 55.6 Å². The summed E-state index contributed by atoms with van der Waals surface area (Å²) in [6, 6.07) is 14.3. The van der Waals surface area contributed by atoms with Crippen molar-refractivity contribution in [3.8, 4) is 11.3 Å². The number of carbonyl (C=O) groups excluding carboxylic acids is 2. The standard InChI is InChI=1S/C26H22N4O2S/c1-3-21(31)30-12-11-15-5-4-6-17(24(15)30)19-8-7-16-18(29-19)9-10-20-22(16)23-25(33-20)26(32)28-14(2)13-27-23/h3-10,14,27H,1,11-13H2,2H3,(H,28,32). The Hall–Kier alpha value is -3.71. The number of hydrogen-bond donors (Lipinski definition) is 2. The molecule has 0 saturated heterocycles. The van der Waals surface area contributed by atoms with Crippen molar-refractivity contribution in [2.45, 2.75) is 19.4 Å². The fraction of sp³-hybridized carbons (Fsp3) is 0.192. The molecule has 33 heavy (non-hydrogen) atoms. The molecule has 0 bridgehead atoms. The number of aromatic nitrogens is 1. The minimum atomic E-state index is -0.0942. The van der Waals surface area contributed by atoms with E-state index < -0.39 is 0 Å². The van der Waals surface area contributed by atoms with E-state index in [4.69, 9.17) is 4.98 Å². The molecule has 1 unspecified atom stereocenters. The van der Waals surface area contributed by atoms with Gasteiger partial charge in [0.2, 0.25) is 5.91 Å². The van der Waals surface area contributed by atoms with E-state index in [-0.39, 0.29) is 17.9 Å². The highest BCUT2D eigenvalue weighted by Gasteiger charge is 2.28. The lowest BCUT2D eigenvalue weighted by molar-refractivity contribution is -0.114. The maximum absolute atomic E-state index is 12.7. The maximum atomic E-state index is 12.7. The molecule has 2 aliphatic heterocycles. The largest absolute Gasteiger partial charge is 0.381 e. The molecular formula is C26H22N4O2S. The fourth-order valence-corrected chi connectivity index (χ4v) is 5.97. The lowest BCUT2D eigenvalue weighted by Gasteiger charge is -2.19. The van der Waals surface area contributed by atoms with Crippen LogP contribution in [-0.2, 0) is 11.2 Å². The molecule has 4 aromatic rings. The smallest absolute Gasteiger partial charge is 0.263 e. The van der Waals surface area contributed by atoms with Gasteiger partial charge >= 0.3 is 0 Å². The number of fused-ring (bicyclic) bond motifs is 6. The van der Waals surface area contributed by atoms with Gasteiger partial charge in [-0.25, -0.2) is 4.98 Å². The molecule has 0 radical (unpaired) electrons. The van der Waals surface area contributed by atoms with Crippen molar-refractivity contribution in [1.82, 2.24) is 10.3 Å². The molecule has 0 spiro atoms. The number of para-hydroxylation sites is 1. The Bertz CT molecular complexity index is 1490. The minimum absolute atomic E-state index is 0.0340. The number of hydrogen-bond acceptors (Lipinski definition) is 5. The van der Waals surface area contributed by atoms with Crippen LogP contribution in [0.3, 0.4) is 0 Å². The molecule has 2 aliphatic rings. The Labute approximate surface area is 194 Å². The van der Waals surface area contributed by atoms with Crippen molar-refractivity contribution in [1.29, 1.82) is 0 Å². The third-order valence-corrected chi connectivity index (χ3v) is 7.56. The fourth-order valence-electron chi connectivity index (χ4n) is 4.87. The Balaban J connectivity index is 1.53. The van der Waals surface area contributed by atoms with Gasteiger partial charge in [0.25, 0.3) is 5.91 Å². The summed E-state index contributed by atoms with van der Waals surface area (Å²) in [7, 11) is 0. The monoisotopic (exact) mass is 454 g/mol. The Morgan fingerprint density at radius 1 is 1.24 bits per heavy atom. The first-order chi connectivity index (χ1) is 16.0. The molecule has 6 nitrogen and oxygen atoms in total. The number of nitrogens with one attached hydrogen (secondary N) is 2. The average Bonchev–Trinajstić information content (AvgIpc) is 3.40. The van der Waals surface area contributed by atoms with Crippen LogP contribution in [0.4, 0.5) is 11.4 Å². The summed E-state index contributed by atoms with van der Waals surface area (Å²) in [4.78, 5) is 32.6. The van der Waals surface area contributed by atoms with Crippen molar-refractivity contribution in [3.05, 3.63) is 65.6 Å². The van der Waals surface area contributed by atoms with Crippen molar-refractivity contribution in [2.75, 3.05) is 23.3 Å². The molecule has 0 fully saturated rings. The number of thiophene rings is 1. The maximum Gasteiger partial charge on any atom is 0.263 e. The second-order valence-corrected chi connectivity index (χ2v) is 9.57. The van der Waals surface area contributed by atoms with Gasteiger partial charge in [-0.05, 0) is 49.2 Å². The second kappa shape index (κ2) is 7.42. The molecule has 2 amide bonds. The summed E-state index contributed by atoms with van der Waals surface area (Å²) >= 11 is 1.51. The molecule has 6 rings (SSSR count). The van der Waals surface area contributed by atoms with Gasteiger partial charge in [-0.2, -0.15) is 0 Å². The summed E-state index contributed by atoms with van der Waals surface area (Å²) in [6.45, 7) is 6.98. The van der Waals surface area contributed by atoms with Gasteiger partial charge in [0, 0.05) is 40.2 Å². The van der Waals surface area contributed by atoms with Crippen LogP contribution in [0.2, 0.25) is 0 Å². The van der Waals surface area contributed by atoms with Gasteiger partial charge in [-0.3, -0.25) is 9.59 Å². The number of amides is 2. The van der Waals surface area contributed by atoms with Gasteiger partial charge in [-0.15, -0.1) is 11.3 Å². The number of carbonyl (C=O) groups is 2. The van der Waals surface area contributed by atoms with E-state index >= 15 is 0 Å². The van der Waals surface area contributed by atoms with E-state index in [0.29, 0.717) is 18.0 Å². The summed E-state index contributed by atoms with van der Waals surface area (Å²) < 4.78 is 1.06. The zero-order valence-electron chi connectivity index (χ0n) is 18.1. The quantitative estimate of drug-likeness (QED) is 0.429. The lowest BCUT2D eigenvalue weighted by Crippen LogP contribution is -2.34. The highest BCUT2D eigenvalue weighted by Crippen LogP contribution is 2.42. The van der Waals surface area contributed by atoms with Gasteiger partial charge in [0.1, 0.15) is 4.88 Å². The van der Waals surface area contributed by atoms with Crippen LogP contribution in [0.1, 0.15) is 22.2 Å². The summed E-state index contributed by atoms with van der Waals surface area (Å²) in [6.07, 6.45) is 2.19. The molecule has 0 saturated carbocycles. The van der Waals surface area contributed by atoms with Crippen LogP contribution >= 0.6 is 11.3 Å². The molecule has 2 aromatic heterocycles. The van der Waals surface area contributed by atoms with Crippen molar-refractivity contribution in [3.63, 3.8) is 0 Å². The number of benzene rings is 2. The first-order valence-electron chi connectivity index (χ1n) is 11.0. The third kappa shape index (κ3) is 3.03. The number of anilines is 2. The van der Waals surface area contributed by atoms with Crippen LogP contribution in [-0.4, -0.2) is 35.9 Å². The summed E-state index contributed by atoms with van der Waals surface area (Å²) in [5.41, 5.74) is 5.58. The molecule has 7 heteroatoms. The van der Waals surface area contributed by atoms with E-state index in [9.17, 15) is 9.59 Å². The molecule has 1 atom stereocenters. The number of pyridine rings is 1. The van der Waals surface area contributed by atoms with Crippen LogP contribution < -0.4 is 15.5 Å². The van der Waals surface area contributed by atoms with Crippen molar-refractivity contribution < 1.29 is 9.59 Å². The Kier molecular flexibility index (Phi) is 4.48. The van der Waals surface area contributed by atoms with Gasteiger partial charge in [0.05, 0.1) is 22.6 Å². The highest BCUT2D eigenvalue weighted by molar-refractivity contribution is 7.21. The summed E-state index contributed by atoms with van der Waals surface area (Å²) in [5.74, 6) is -0.128. The van der Waals surface area contributed by atoms with E-state index in [2.05, 4.69) is 29.3 Å². The topological polar surface area (TPSA) is 74.3 Å². The van der Waals surface area contributed by atoms with E-state index in [1.807, 2.05) is 37.3 Å². The van der Waals surface area contributed by atoms with Gasteiger partial charge in [0.15, 0.2) is 0 Å². The van der Waals surface area contributed by atoms with Crippen LogP contribution in [0.5, 0.6) is 0 Å². The van der Waals surface area contributed by atoms with Crippen LogP contribution in [0.25, 0.3) is 32.2 Å². The van der Waals surface area contributed by atoms with Crippen molar-refractivity contribution >= 4 is 55.5 Å². The minimum Gasteiger partial charge on any atom is -0.381 e. The van der Waals surface area contributed by atoms with Crippen LogP contribution in [0.15, 0.2) is 55.1 Å². The Morgan fingerprint density at radius 2 is 2.12 bits per heavy atom. The predicted octanol–water partition coefficient (Wildman–Crippen LogP) is 4.74. The average molecular weight is 455 g/mol. The highest BCUT2D eigenvalue weighted by atomic mass is 32.1. The summed E-state index contributed by atoms with van der Waals surface area (Å²) in [5, 5.41) is 8.55. The Morgan fingerprint density at radius 3 is 2.97 bits per heavy atom. The van der Waals surface area contributed by atoms with Crippen LogP contribution in [0, 0.1) is 0 Å². The third-order valence-electron chi connectivity index (χ3n) is 6.40. The van der Waals surface area contributed by atoms with Crippen molar-refractivity contribution in [2.24, 2.45) is 0 Å². The molecule has 164 valence electrons. The molecular weight excluding hydrogens is 432 g/mol. The number of nitrogens with zero attached hydrogens (tertiary/aromatic N) is 2. The first-order valence-corrected chi connectivity index (χ1v) is 11.8. The number of rotatable bonds is 2. The zero-order chi connectivity index (χ0) is 22.7. The van der Waals surface area contributed by atoms with Gasteiger partial charge in [-0.1, -0.05) is 24.8 Å². The molecule has 2 aromatic carbocycles. The SMILES string of the molecule is C=CC(=O)N1CCc2cccc(-c3ccc4c(ccc5sc6c(c54)NCC(C)NC6=O)n3)c21. The zero-order valence-corrected chi connectivity index (χ0v) is 19.0. The lowest BCUT2D eigenvalue weighted by atomic mass is 10.0.